The van der Waals surface area contributed by atoms with E-state index in [9.17, 15) is 0 Å². The first kappa shape index (κ1) is 10.5. The molecule has 69 valence electrons. The van der Waals surface area contributed by atoms with Crippen molar-refractivity contribution in [2.45, 2.75) is 0 Å². The maximum atomic E-state index is 5.18. The number of hydrogen-bond acceptors (Lipinski definition) is 6. The Labute approximate surface area is 76.2 Å². The summed E-state index contributed by atoms with van der Waals surface area (Å²) in [5.74, 6) is 0. The Bertz CT molecular complexity index is 105. The molecule has 1 saturated heterocycles. The molecule has 12 heavy (non-hydrogen) atoms. The zero-order chi connectivity index (χ0) is 8.97. The van der Waals surface area contributed by atoms with Crippen molar-refractivity contribution in [1.29, 1.82) is 0 Å². The highest BCUT2D eigenvalue weighted by Crippen LogP contribution is 2.08. The van der Waals surface area contributed by atoms with E-state index < -0.39 is 28.6 Å². The quantitative estimate of drug-likeness (QED) is 0.571. The zero-order valence-electron chi connectivity index (χ0n) is 6.95. The van der Waals surface area contributed by atoms with E-state index in [0.29, 0.717) is 0 Å². The van der Waals surface area contributed by atoms with Crippen molar-refractivity contribution >= 4 is 28.6 Å². The van der Waals surface area contributed by atoms with E-state index in [4.69, 9.17) is 25.6 Å². The van der Waals surface area contributed by atoms with Crippen LogP contribution in [0.2, 0.25) is 0 Å². The van der Waals surface area contributed by atoms with Crippen LogP contribution in [0.25, 0.3) is 0 Å². The third kappa shape index (κ3) is 2.72. The molecule has 0 atom stereocenters. The van der Waals surface area contributed by atoms with E-state index in [0.717, 1.165) is 0 Å². The molecular weight excluding hydrogens is 216 g/mol. The van der Waals surface area contributed by atoms with Crippen LogP contribution < -0.4 is 0 Å². The van der Waals surface area contributed by atoms with Gasteiger partial charge in [-0.25, -0.2) is 0 Å². The maximum Gasteiger partial charge on any atom is 0.561 e. The third-order valence-corrected chi connectivity index (χ3v) is 6.00. The van der Waals surface area contributed by atoms with Gasteiger partial charge in [-0.1, -0.05) is 0 Å². The molecule has 9 heteroatoms. The summed E-state index contributed by atoms with van der Waals surface area (Å²) in [6.45, 7) is 0. The summed E-state index contributed by atoms with van der Waals surface area (Å²) in [6, 6.07) is 0. The minimum Gasteiger partial charge on any atom is -0.375 e. The van der Waals surface area contributed by atoms with Gasteiger partial charge in [0.2, 0.25) is 0 Å². The van der Waals surface area contributed by atoms with Crippen LogP contribution in [0.4, 0.5) is 0 Å². The summed E-state index contributed by atoms with van der Waals surface area (Å²) in [4.78, 5) is 0. The van der Waals surface area contributed by atoms with Crippen molar-refractivity contribution in [2.75, 3.05) is 21.3 Å². The Morgan fingerprint density at radius 2 is 0.917 bits per heavy atom. The van der Waals surface area contributed by atoms with E-state index in [1.54, 1.807) is 0 Å². The summed E-state index contributed by atoms with van der Waals surface area (Å²) in [5.41, 5.74) is 0. The van der Waals surface area contributed by atoms with Crippen molar-refractivity contribution in [3.05, 3.63) is 0 Å². The zero-order valence-corrected chi connectivity index (χ0v) is 9.95. The lowest BCUT2D eigenvalue weighted by Crippen LogP contribution is -2.51. The van der Waals surface area contributed by atoms with Gasteiger partial charge in [0.05, 0.1) is 0 Å². The second-order valence-corrected chi connectivity index (χ2v) is 6.84. The predicted molar refractivity (Wildman–Crippen MR) is 41.5 cm³/mol. The van der Waals surface area contributed by atoms with E-state index in [1.807, 2.05) is 0 Å². The molecule has 0 aromatic rings. The molecule has 0 aromatic heterocycles. The lowest BCUT2D eigenvalue weighted by atomic mass is 11.8. The first-order valence-electron chi connectivity index (χ1n) is 3.06. The highest BCUT2D eigenvalue weighted by molar-refractivity contribution is 6.66. The smallest absolute Gasteiger partial charge is 0.375 e. The number of rotatable bonds is 3. The molecule has 1 aliphatic heterocycles. The summed E-state index contributed by atoms with van der Waals surface area (Å²) in [6.07, 6.45) is 0. The van der Waals surface area contributed by atoms with Crippen molar-refractivity contribution in [2.24, 2.45) is 0 Å². The highest BCUT2D eigenvalue weighted by Gasteiger charge is 2.42. The average molecular weight is 225 g/mol. The molecular formula is C3H9O6Si3. The Morgan fingerprint density at radius 3 is 1.08 bits per heavy atom. The van der Waals surface area contributed by atoms with Gasteiger partial charge in [-0.3, -0.25) is 0 Å². The van der Waals surface area contributed by atoms with E-state index in [1.165, 1.54) is 21.3 Å². The lowest BCUT2D eigenvalue weighted by Gasteiger charge is -2.25. The van der Waals surface area contributed by atoms with Crippen molar-refractivity contribution in [3.8, 4) is 0 Å². The predicted octanol–water partition coefficient (Wildman–Crippen LogP) is -1.06. The molecule has 0 unspecified atom stereocenters. The molecule has 0 aromatic carbocycles. The summed E-state index contributed by atoms with van der Waals surface area (Å²) in [5, 5.41) is 0. The lowest BCUT2D eigenvalue weighted by molar-refractivity contribution is 0.0959. The molecule has 0 amide bonds. The van der Waals surface area contributed by atoms with E-state index in [-0.39, 0.29) is 0 Å². The molecule has 0 aliphatic carbocycles. The molecule has 1 aliphatic rings. The normalized spacial score (nSPS) is 23.2. The van der Waals surface area contributed by atoms with E-state index in [2.05, 4.69) is 0 Å². The van der Waals surface area contributed by atoms with Crippen LogP contribution in [-0.2, 0) is 25.6 Å². The van der Waals surface area contributed by atoms with Gasteiger partial charge in [0, 0.05) is 21.3 Å². The van der Waals surface area contributed by atoms with Crippen LogP contribution in [0.3, 0.4) is 0 Å². The average Bonchev–Trinajstić information content (AvgIpc) is 2.16. The van der Waals surface area contributed by atoms with Crippen molar-refractivity contribution < 1.29 is 25.6 Å². The number of hydrogen-bond donors (Lipinski definition) is 0. The fourth-order valence-corrected chi connectivity index (χ4v) is 5.77. The van der Waals surface area contributed by atoms with E-state index >= 15 is 0 Å². The topological polar surface area (TPSA) is 55.4 Å². The van der Waals surface area contributed by atoms with Crippen LogP contribution in [-0.4, -0.2) is 49.9 Å². The highest BCUT2D eigenvalue weighted by atomic mass is 28.5. The van der Waals surface area contributed by atoms with Gasteiger partial charge in [-0.2, -0.15) is 0 Å². The minimum absolute atomic E-state index is 1.52. The summed E-state index contributed by atoms with van der Waals surface area (Å²) >= 11 is 0. The SMILES string of the molecule is CO[Si]1O[Si](OC)O[Si](OC)O1. The Balaban J connectivity index is 2.41. The molecule has 0 spiro atoms. The van der Waals surface area contributed by atoms with Gasteiger partial charge in [0.25, 0.3) is 0 Å². The van der Waals surface area contributed by atoms with Gasteiger partial charge < -0.3 is 25.6 Å². The van der Waals surface area contributed by atoms with Gasteiger partial charge in [0.1, 0.15) is 0 Å². The van der Waals surface area contributed by atoms with Crippen molar-refractivity contribution in [1.82, 2.24) is 0 Å². The van der Waals surface area contributed by atoms with Gasteiger partial charge in [0.15, 0.2) is 0 Å². The first-order valence-corrected chi connectivity index (χ1v) is 6.74. The fraction of sp³-hybridized carbons (Fsp3) is 1.00. The molecule has 3 radical (unpaired) electrons. The monoisotopic (exact) mass is 225 g/mol. The Kier molecular flexibility index (Phi) is 4.55. The third-order valence-electron chi connectivity index (χ3n) is 1.00. The Hall–Kier alpha value is 0.411. The molecule has 1 heterocycles. The maximum absolute atomic E-state index is 5.18. The second-order valence-electron chi connectivity index (χ2n) is 1.67. The van der Waals surface area contributed by atoms with Crippen LogP contribution in [0.5, 0.6) is 0 Å². The van der Waals surface area contributed by atoms with Crippen molar-refractivity contribution in [3.63, 3.8) is 0 Å². The molecule has 1 fully saturated rings. The minimum atomic E-state index is -1.69. The molecule has 6 nitrogen and oxygen atoms in total. The molecule has 0 bridgehead atoms. The second kappa shape index (κ2) is 5.21. The standard InChI is InChI=1S/C3H9O6Si3/c1-4-10-7-11(5-2)9-12(6-3)8-10/h1-3H3. The summed E-state index contributed by atoms with van der Waals surface area (Å²) in [7, 11) is -0.524. The van der Waals surface area contributed by atoms with Crippen LogP contribution in [0.15, 0.2) is 0 Å². The molecule has 0 N–H and O–H groups in total. The Morgan fingerprint density at radius 1 is 0.667 bits per heavy atom. The molecule has 1 rings (SSSR count). The summed E-state index contributed by atoms with van der Waals surface area (Å²) < 4.78 is 30.3. The fourth-order valence-electron chi connectivity index (χ4n) is 0.517. The van der Waals surface area contributed by atoms with Gasteiger partial charge in [-0.05, 0) is 0 Å². The van der Waals surface area contributed by atoms with Crippen LogP contribution in [0, 0.1) is 0 Å². The van der Waals surface area contributed by atoms with Crippen LogP contribution in [0.1, 0.15) is 0 Å². The molecule has 0 saturated carbocycles. The van der Waals surface area contributed by atoms with Gasteiger partial charge >= 0.3 is 28.6 Å². The first-order chi connectivity index (χ1) is 5.80. The largest absolute Gasteiger partial charge is 0.561 e. The van der Waals surface area contributed by atoms with Crippen LogP contribution >= 0.6 is 0 Å². The van der Waals surface area contributed by atoms with Gasteiger partial charge in [-0.15, -0.1) is 0 Å².